The first-order chi connectivity index (χ1) is 9.63. The van der Waals surface area contributed by atoms with Gasteiger partial charge in [0.05, 0.1) is 17.7 Å². The predicted molar refractivity (Wildman–Crippen MR) is 75.4 cm³/mol. The van der Waals surface area contributed by atoms with Crippen molar-refractivity contribution in [2.24, 2.45) is 5.92 Å². The summed E-state index contributed by atoms with van der Waals surface area (Å²) in [7, 11) is 0. The zero-order valence-electron chi connectivity index (χ0n) is 12.1. The van der Waals surface area contributed by atoms with Crippen molar-refractivity contribution in [2.45, 2.75) is 33.1 Å². The lowest BCUT2D eigenvalue weighted by molar-refractivity contribution is -0.126. The van der Waals surface area contributed by atoms with Gasteiger partial charge in [0.25, 0.3) is 5.91 Å². The third kappa shape index (κ3) is 3.21. The number of furan rings is 1. The molecule has 1 aliphatic heterocycles. The van der Waals surface area contributed by atoms with Gasteiger partial charge in [-0.25, -0.2) is 0 Å². The molecule has 1 fully saturated rings. The largest absolute Gasteiger partial charge is 0.469 e. The Morgan fingerprint density at radius 3 is 2.95 bits per heavy atom. The Morgan fingerprint density at radius 1 is 1.50 bits per heavy atom. The number of carbonyl (C=O) groups excluding carboxylic acids is 2. The van der Waals surface area contributed by atoms with Gasteiger partial charge >= 0.3 is 0 Å². The minimum Gasteiger partial charge on any atom is -0.469 e. The van der Waals surface area contributed by atoms with Crippen LogP contribution in [0.15, 0.2) is 16.7 Å². The summed E-state index contributed by atoms with van der Waals surface area (Å²) in [6.45, 7) is 5.71. The zero-order valence-corrected chi connectivity index (χ0v) is 12.1. The SMILES string of the molecule is CCCNC(=O)C1CCCN(C(=O)c2ccoc2C)C1. The van der Waals surface area contributed by atoms with Crippen LogP contribution in [-0.4, -0.2) is 36.3 Å². The summed E-state index contributed by atoms with van der Waals surface area (Å²) in [6, 6.07) is 1.69. The van der Waals surface area contributed by atoms with E-state index >= 15 is 0 Å². The molecule has 1 aromatic heterocycles. The summed E-state index contributed by atoms with van der Waals surface area (Å²) in [5.41, 5.74) is 0.597. The van der Waals surface area contributed by atoms with Crippen LogP contribution in [0, 0.1) is 12.8 Å². The summed E-state index contributed by atoms with van der Waals surface area (Å²) >= 11 is 0. The summed E-state index contributed by atoms with van der Waals surface area (Å²) in [5.74, 6) is 0.566. The molecule has 1 atom stereocenters. The van der Waals surface area contributed by atoms with E-state index in [0.29, 0.717) is 31.0 Å². The fourth-order valence-corrected chi connectivity index (χ4v) is 2.55. The first-order valence-corrected chi connectivity index (χ1v) is 7.24. The van der Waals surface area contributed by atoms with Crippen LogP contribution in [0.5, 0.6) is 0 Å². The second-order valence-corrected chi connectivity index (χ2v) is 5.27. The van der Waals surface area contributed by atoms with Gasteiger partial charge in [-0.2, -0.15) is 0 Å². The Bertz CT molecular complexity index is 481. The van der Waals surface area contributed by atoms with Gasteiger partial charge in [0.2, 0.25) is 5.91 Å². The van der Waals surface area contributed by atoms with Crippen LogP contribution >= 0.6 is 0 Å². The van der Waals surface area contributed by atoms with E-state index in [1.165, 1.54) is 6.26 Å². The van der Waals surface area contributed by atoms with Crippen LogP contribution in [0.2, 0.25) is 0 Å². The molecule has 5 nitrogen and oxygen atoms in total. The van der Waals surface area contributed by atoms with Gasteiger partial charge in [-0.05, 0) is 32.3 Å². The molecule has 2 amide bonds. The Hall–Kier alpha value is -1.78. The van der Waals surface area contributed by atoms with E-state index in [9.17, 15) is 9.59 Å². The highest BCUT2D eigenvalue weighted by Crippen LogP contribution is 2.20. The molecule has 110 valence electrons. The number of hydrogen-bond acceptors (Lipinski definition) is 3. The lowest BCUT2D eigenvalue weighted by Gasteiger charge is -2.32. The topological polar surface area (TPSA) is 62.6 Å². The van der Waals surface area contributed by atoms with Crippen molar-refractivity contribution in [3.63, 3.8) is 0 Å². The number of piperidine rings is 1. The molecular formula is C15H22N2O3. The standard InChI is InChI=1S/C15H22N2O3/c1-3-7-16-14(18)12-5-4-8-17(10-12)15(19)13-6-9-20-11(13)2/h6,9,12H,3-5,7-8,10H2,1-2H3,(H,16,18). The Kier molecular flexibility index (Phi) is 4.82. The number of likely N-dealkylation sites (tertiary alicyclic amines) is 1. The van der Waals surface area contributed by atoms with Gasteiger partial charge in [0.1, 0.15) is 5.76 Å². The van der Waals surface area contributed by atoms with E-state index in [-0.39, 0.29) is 17.7 Å². The van der Waals surface area contributed by atoms with Crippen LogP contribution in [0.1, 0.15) is 42.3 Å². The molecule has 0 aromatic carbocycles. The molecule has 2 rings (SSSR count). The van der Waals surface area contributed by atoms with Crippen LogP contribution in [0.4, 0.5) is 0 Å². The lowest BCUT2D eigenvalue weighted by Crippen LogP contribution is -2.45. The average Bonchev–Trinajstić information content (AvgIpc) is 2.90. The summed E-state index contributed by atoms with van der Waals surface area (Å²) < 4.78 is 5.18. The molecule has 0 aliphatic carbocycles. The number of nitrogens with one attached hydrogen (secondary N) is 1. The first kappa shape index (κ1) is 14.6. The fraction of sp³-hybridized carbons (Fsp3) is 0.600. The van der Waals surface area contributed by atoms with E-state index in [4.69, 9.17) is 4.42 Å². The monoisotopic (exact) mass is 278 g/mol. The Balaban J connectivity index is 1.98. The third-order valence-corrected chi connectivity index (χ3v) is 3.72. The molecule has 0 spiro atoms. The molecule has 1 aromatic rings. The highest BCUT2D eigenvalue weighted by molar-refractivity contribution is 5.95. The van der Waals surface area contributed by atoms with Crippen molar-refractivity contribution in [1.82, 2.24) is 10.2 Å². The van der Waals surface area contributed by atoms with Crippen molar-refractivity contribution in [3.05, 3.63) is 23.7 Å². The predicted octanol–water partition coefficient (Wildman–Crippen LogP) is 1.97. The molecule has 2 heterocycles. The maximum Gasteiger partial charge on any atom is 0.257 e. The maximum absolute atomic E-state index is 12.4. The number of hydrogen-bond donors (Lipinski definition) is 1. The number of rotatable bonds is 4. The summed E-state index contributed by atoms with van der Waals surface area (Å²) in [6.07, 6.45) is 4.17. The van der Waals surface area contributed by atoms with Crippen LogP contribution < -0.4 is 5.32 Å². The van der Waals surface area contributed by atoms with E-state index in [1.54, 1.807) is 17.9 Å². The first-order valence-electron chi connectivity index (χ1n) is 7.24. The van der Waals surface area contributed by atoms with Gasteiger partial charge < -0.3 is 14.6 Å². The highest BCUT2D eigenvalue weighted by Gasteiger charge is 2.29. The van der Waals surface area contributed by atoms with Gasteiger partial charge in [0, 0.05) is 19.6 Å². The molecular weight excluding hydrogens is 256 g/mol. The van der Waals surface area contributed by atoms with E-state index < -0.39 is 0 Å². The van der Waals surface area contributed by atoms with Crippen molar-refractivity contribution < 1.29 is 14.0 Å². The normalized spacial score (nSPS) is 18.9. The van der Waals surface area contributed by atoms with Crippen LogP contribution in [0.25, 0.3) is 0 Å². The zero-order chi connectivity index (χ0) is 14.5. The smallest absolute Gasteiger partial charge is 0.257 e. The highest BCUT2D eigenvalue weighted by atomic mass is 16.3. The molecule has 5 heteroatoms. The molecule has 0 bridgehead atoms. The number of nitrogens with zero attached hydrogens (tertiary/aromatic N) is 1. The quantitative estimate of drug-likeness (QED) is 0.916. The number of amides is 2. The second-order valence-electron chi connectivity index (χ2n) is 5.27. The lowest BCUT2D eigenvalue weighted by atomic mass is 9.96. The molecule has 1 N–H and O–H groups in total. The molecule has 1 aliphatic rings. The van der Waals surface area contributed by atoms with Gasteiger partial charge in [-0.1, -0.05) is 6.92 Å². The average molecular weight is 278 g/mol. The fourth-order valence-electron chi connectivity index (χ4n) is 2.55. The van der Waals surface area contributed by atoms with Crippen molar-refractivity contribution in [1.29, 1.82) is 0 Å². The maximum atomic E-state index is 12.4. The van der Waals surface area contributed by atoms with Crippen molar-refractivity contribution in [2.75, 3.05) is 19.6 Å². The van der Waals surface area contributed by atoms with E-state index in [2.05, 4.69) is 5.32 Å². The minimum atomic E-state index is -0.0912. The molecule has 1 unspecified atom stereocenters. The number of aryl methyl sites for hydroxylation is 1. The van der Waals surface area contributed by atoms with Gasteiger partial charge in [0.15, 0.2) is 0 Å². The molecule has 0 saturated carbocycles. The Morgan fingerprint density at radius 2 is 2.30 bits per heavy atom. The number of carbonyl (C=O) groups is 2. The summed E-state index contributed by atoms with van der Waals surface area (Å²) in [4.78, 5) is 26.2. The van der Waals surface area contributed by atoms with Gasteiger partial charge in [-0.15, -0.1) is 0 Å². The minimum absolute atomic E-state index is 0.0377. The van der Waals surface area contributed by atoms with E-state index in [0.717, 1.165) is 19.3 Å². The van der Waals surface area contributed by atoms with E-state index in [1.807, 2.05) is 6.92 Å². The summed E-state index contributed by atoms with van der Waals surface area (Å²) in [5, 5.41) is 2.91. The third-order valence-electron chi connectivity index (χ3n) is 3.72. The Labute approximate surface area is 119 Å². The molecule has 0 radical (unpaired) electrons. The van der Waals surface area contributed by atoms with Crippen molar-refractivity contribution in [3.8, 4) is 0 Å². The molecule has 1 saturated heterocycles. The van der Waals surface area contributed by atoms with Crippen LogP contribution in [0.3, 0.4) is 0 Å². The molecule has 20 heavy (non-hydrogen) atoms. The van der Waals surface area contributed by atoms with Crippen LogP contribution in [-0.2, 0) is 4.79 Å². The second kappa shape index (κ2) is 6.59. The van der Waals surface area contributed by atoms with Crippen molar-refractivity contribution >= 4 is 11.8 Å². The van der Waals surface area contributed by atoms with Gasteiger partial charge in [-0.3, -0.25) is 9.59 Å².